The molecule has 15 heteroatoms. The summed E-state index contributed by atoms with van der Waals surface area (Å²) in [5.74, 6) is -0.901. The molecule has 0 unspecified atom stereocenters. The van der Waals surface area contributed by atoms with Crippen LogP contribution in [0.1, 0.15) is 5.56 Å². The number of pyridine rings is 1. The summed E-state index contributed by atoms with van der Waals surface area (Å²) >= 11 is 5.86. The number of hydrogen-bond acceptors (Lipinski definition) is 8. The van der Waals surface area contributed by atoms with Crippen LogP contribution in [0.15, 0.2) is 53.8 Å². The van der Waals surface area contributed by atoms with Crippen molar-refractivity contribution in [2.75, 3.05) is 23.8 Å². The minimum Gasteiger partial charge on any atom is -0.475 e. The minimum absolute atomic E-state index is 0.221. The first-order valence-electron chi connectivity index (χ1n) is 9.75. The van der Waals surface area contributed by atoms with Gasteiger partial charge in [-0.15, -0.1) is 0 Å². The summed E-state index contributed by atoms with van der Waals surface area (Å²) in [6, 6.07) is 10.4. The summed E-state index contributed by atoms with van der Waals surface area (Å²) in [6.07, 6.45) is -1.27. The van der Waals surface area contributed by atoms with E-state index in [9.17, 15) is 21.6 Å². The van der Waals surface area contributed by atoms with Gasteiger partial charge in [0, 0.05) is 24.5 Å². The number of alkyl halides is 3. The molecule has 1 aliphatic heterocycles. The van der Waals surface area contributed by atoms with Crippen LogP contribution in [0.4, 0.5) is 36.3 Å². The highest BCUT2D eigenvalue weighted by molar-refractivity contribution is 7.89. The zero-order valence-electron chi connectivity index (χ0n) is 17.9. The number of benzene rings is 1. The van der Waals surface area contributed by atoms with Gasteiger partial charge in [-0.05, 0) is 43.3 Å². The standard InChI is InChI=1S/C18H17ClN6O2S.C2HF3O2/c1-20-28(26,27)14-4-2-12-6-7-25(15(12)8-14)18-9-17(22-11-23-18)24-16-5-3-13(19)10-21-16;3-2(4,5)1(6)7/h2-5,8-11,20H,6-7H2,1H3,(H,21,22,23,24);(H,6,7). The maximum atomic E-state index is 12.1. The fraction of sp³-hybridized carbons (Fsp3) is 0.200. The van der Waals surface area contributed by atoms with Crippen LogP contribution < -0.4 is 14.9 Å². The molecule has 0 atom stereocenters. The molecule has 0 aliphatic carbocycles. The number of nitrogens with one attached hydrogen (secondary N) is 2. The van der Waals surface area contributed by atoms with E-state index >= 15 is 0 Å². The summed E-state index contributed by atoms with van der Waals surface area (Å²) in [5, 5.41) is 10.8. The van der Waals surface area contributed by atoms with Crippen LogP contribution in [0.25, 0.3) is 0 Å². The Kier molecular flexibility index (Phi) is 7.77. The molecule has 0 amide bonds. The average Bonchev–Trinajstić information content (AvgIpc) is 3.24. The highest BCUT2D eigenvalue weighted by atomic mass is 35.5. The van der Waals surface area contributed by atoms with Gasteiger partial charge in [-0.25, -0.2) is 32.9 Å². The van der Waals surface area contributed by atoms with Crippen molar-refractivity contribution in [2.45, 2.75) is 17.5 Å². The quantitative estimate of drug-likeness (QED) is 0.452. The maximum absolute atomic E-state index is 12.1. The maximum Gasteiger partial charge on any atom is 0.490 e. The molecule has 3 N–H and O–H groups in total. The molecule has 0 saturated heterocycles. The molecular formula is C20H18ClF3N6O4S. The van der Waals surface area contributed by atoms with Gasteiger partial charge in [-0.1, -0.05) is 17.7 Å². The van der Waals surface area contributed by atoms with Gasteiger partial charge in [0.25, 0.3) is 0 Å². The van der Waals surface area contributed by atoms with Gasteiger partial charge in [0.2, 0.25) is 10.0 Å². The Morgan fingerprint density at radius 3 is 2.43 bits per heavy atom. The van der Waals surface area contributed by atoms with Crippen LogP contribution >= 0.6 is 11.6 Å². The second-order valence-electron chi connectivity index (χ2n) is 6.95. The molecule has 3 heterocycles. The summed E-state index contributed by atoms with van der Waals surface area (Å²) in [7, 11) is -2.12. The molecule has 2 aromatic heterocycles. The fourth-order valence-corrected chi connectivity index (χ4v) is 3.89. The second-order valence-corrected chi connectivity index (χ2v) is 9.27. The summed E-state index contributed by atoms with van der Waals surface area (Å²) in [4.78, 5) is 23.9. The van der Waals surface area contributed by atoms with Gasteiger partial charge in [-0.3, -0.25) is 0 Å². The second kappa shape index (κ2) is 10.4. The Morgan fingerprint density at radius 2 is 1.83 bits per heavy atom. The van der Waals surface area contributed by atoms with Crippen LogP contribution in [0.2, 0.25) is 5.02 Å². The first kappa shape index (κ1) is 26.1. The van der Waals surface area contributed by atoms with E-state index < -0.39 is 22.2 Å². The fourth-order valence-electron chi connectivity index (χ4n) is 3.03. The lowest BCUT2D eigenvalue weighted by Crippen LogP contribution is -2.21. The third kappa shape index (κ3) is 6.55. The highest BCUT2D eigenvalue weighted by Gasteiger charge is 2.38. The number of aromatic nitrogens is 3. The van der Waals surface area contributed by atoms with Crippen molar-refractivity contribution in [2.24, 2.45) is 0 Å². The lowest BCUT2D eigenvalue weighted by Gasteiger charge is -2.19. The zero-order valence-corrected chi connectivity index (χ0v) is 19.5. The van der Waals surface area contributed by atoms with Gasteiger partial charge < -0.3 is 15.3 Å². The molecule has 1 aliphatic rings. The van der Waals surface area contributed by atoms with E-state index in [2.05, 4.69) is 25.0 Å². The summed E-state index contributed by atoms with van der Waals surface area (Å²) < 4.78 is 58.4. The third-order valence-electron chi connectivity index (χ3n) is 4.69. The molecule has 4 rings (SSSR count). The Labute approximate surface area is 202 Å². The molecular weight excluding hydrogens is 513 g/mol. The lowest BCUT2D eigenvalue weighted by molar-refractivity contribution is -0.192. The summed E-state index contributed by atoms with van der Waals surface area (Å²) in [5.41, 5.74) is 1.90. The average molecular weight is 531 g/mol. The molecule has 0 radical (unpaired) electrons. The molecule has 0 saturated carbocycles. The molecule has 3 aromatic rings. The van der Waals surface area contributed by atoms with E-state index in [1.807, 2.05) is 11.0 Å². The van der Waals surface area contributed by atoms with Crippen molar-refractivity contribution in [3.05, 3.63) is 59.5 Å². The van der Waals surface area contributed by atoms with Gasteiger partial charge in [-0.2, -0.15) is 13.2 Å². The van der Waals surface area contributed by atoms with Crippen molar-refractivity contribution in [3.63, 3.8) is 0 Å². The Bertz CT molecular complexity index is 1320. The largest absolute Gasteiger partial charge is 0.490 e. The molecule has 1 aromatic carbocycles. The van der Waals surface area contributed by atoms with Crippen molar-refractivity contribution in [3.8, 4) is 0 Å². The van der Waals surface area contributed by atoms with Gasteiger partial charge in [0.05, 0.1) is 9.92 Å². The number of aliphatic carboxylic acids is 1. The minimum atomic E-state index is -5.08. The first-order chi connectivity index (χ1) is 16.4. The highest BCUT2D eigenvalue weighted by Crippen LogP contribution is 2.35. The molecule has 0 spiro atoms. The smallest absolute Gasteiger partial charge is 0.475 e. The van der Waals surface area contributed by atoms with Crippen LogP contribution in [-0.2, 0) is 21.2 Å². The SMILES string of the molecule is CNS(=O)(=O)c1ccc2c(c1)N(c1cc(Nc3ccc(Cl)cn3)ncn1)CC2.O=C(O)C(F)(F)F. The number of anilines is 4. The van der Waals surface area contributed by atoms with Gasteiger partial charge in [0.15, 0.2) is 0 Å². The van der Waals surface area contributed by atoms with E-state index in [1.54, 1.807) is 36.5 Å². The van der Waals surface area contributed by atoms with E-state index in [-0.39, 0.29) is 4.90 Å². The molecule has 10 nitrogen and oxygen atoms in total. The van der Waals surface area contributed by atoms with Crippen molar-refractivity contribution < 1.29 is 31.5 Å². The van der Waals surface area contributed by atoms with Crippen LogP contribution in [0.3, 0.4) is 0 Å². The number of carbonyl (C=O) groups is 1. The van der Waals surface area contributed by atoms with Gasteiger partial charge >= 0.3 is 12.1 Å². The van der Waals surface area contributed by atoms with Gasteiger partial charge in [0.1, 0.15) is 23.8 Å². The number of carboxylic acid groups (broad SMARTS) is 1. The molecule has 186 valence electrons. The number of hydrogen-bond donors (Lipinski definition) is 3. The first-order valence-corrected chi connectivity index (χ1v) is 11.6. The van der Waals surface area contributed by atoms with Crippen LogP contribution in [-0.4, -0.2) is 54.2 Å². The molecule has 0 fully saturated rings. The number of carboxylic acids is 1. The van der Waals surface area contributed by atoms with Crippen molar-refractivity contribution in [1.29, 1.82) is 0 Å². The predicted octanol–water partition coefficient (Wildman–Crippen LogP) is 3.50. The number of halogens is 4. The van der Waals surface area contributed by atoms with Crippen molar-refractivity contribution in [1.82, 2.24) is 19.7 Å². The van der Waals surface area contributed by atoms with E-state index in [0.29, 0.717) is 29.0 Å². The Hall–Kier alpha value is -3.49. The summed E-state index contributed by atoms with van der Waals surface area (Å²) in [6.45, 7) is 0.702. The predicted molar refractivity (Wildman–Crippen MR) is 122 cm³/mol. The number of sulfonamides is 1. The van der Waals surface area contributed by atoms with E-state index in [4.69, 9.17) is 21.5 Å². The van der Waals surface area contributed by atoms with Crippen LogP contribution in [0, 0.1) is 0 Å². The Morgan fingerprint density at radius 1 is 1.11 bits per heavy atom. The lowest BCUT2D eigenvalue weighted by atomic mass is 10.2. The Balaban J connectivity index is 0.000000429. The normalized spacial score (nSPS) is 13.0. The monoisotopic (exact) mass is 530 g/mol. The van der Waals surface area contributed by atoms with E-state index in [1.165, 1.54) is 13.4 Å². The topological polar surface area (TPSA) is 137 Å². The molecule has 0 bridgehead atoms. The van der Waals surface area contributed by atoms with Crippen LogP contribution in [0.5, 0.6) is 0 Å². The number of fused-ring (bicyclic) bond motifs is 1. The van der Waals surface area contributed by atoms with E-state index in [0.717, 1.165) is 17.7 Å². The molecule has 35 heavy (non-hydrogen) atoms. The van der Waals surface area contributed by atoms with Crippen molar-refractivity contribution >= 4 is 50.7 Å². The zero-order chi connectivity index (χ0) is 25.8. The number of rotatable bonds is 5. The third-order valence-corrected chi connectivity index (χ3v) is 6.32. The number of nitrogens with zero attached hydrogens (tertiary/aromatic N) is 4.